The maximum atomic E-state index is 12.6. The molecule has 22 heavy (non-hydrogen) atoms. The molecule has 0 bridgehead atoms. The van der Waals surface area contributed by atoms with Gasteiger partial charge in [0.15, 0.2) is 0 Å². The number of hydrogen-bond donors (Lipinski definition) is 0. The molecule has 3 rings (SSSR count). The number of nitrogens with zero attached hydrogens (tertiary/aromatic N) is 3. The number of hydrogen-bond acceptors (Lipinski definition) is 3. The Morgan fingerprint density at radius 1 is 1.55 bits per heavy atom. The number of halogens is 1. The Morgan fingerprint density at radius 2 is 2.36 bits per heavy atom. The van der Waals surface area contributed by atoms with Gasteiger partial charge in [0.2, 0.25) is 5.91 Å². The fraction of sp³-hybridized carbons (Fsp3) is 0.375. The lowest BCUT2D eigenvalue weighted by Gasteiger charge is -2.28. The van der Waals surface area contributed by atoms with Crippen molar-refractivity contribution in [2.45, 2.75) is 13.0 Å². The van der Waals surface area contributed by atoms with Crippen LogP contribution in [0.3, 0.4) is 0 Å². The van der Waals surface area contributed by atoms with Gasteiger partial charge in [0, 0.05) is 37.4 Å². The third-order valence-corrected chi connectivity index (χ3v) is 4.07. The molecule has 1 atom stereocenters. The summed E-state index contributed by atoms with van der Waals surface area (Å²) >= 11 is 6.02. The van der Waals surface area contributed by atoms with Crippen LogP contribution in [0, 0.1) is 5.92 Å². The van der Waals surface area contributed by atoms with Crippen molar-refractivity contribution >= 4 is 17.5 Å². The Hall–Kier alpha value is -2.01. The molecule has 0 saturated carbocycles. The highest BCUT2D eigenvalue weighted by atomic mass is 35.5. The molecule has 0 aliphatic carbocycles. The third kappa shape index (κ3) is 3.09. The van der Waals surface area contributed by atoms with Crippen molar-refractivity contribution in [3.8, 4) is 5.75 Å². The molecule has 1 aliphatic rings. The second kappa shape index (κ2) is 6.01. The van der Waals surface area contributed by atoms with Gasteiger partial charge in [-0.3, -0.25) is 9.48 Å². The van der Waals surface area contributed by atoms with Crippen LogP contribution in [0.5, 0.6) is 5.75 Å². The summed E-state index contributed by atoms with van der Waals surface area (Å²) in [6.07, 6.45) is 4.35. The summed E-state index contributed by atoms with van der Waals surface area (Å²) in [6, 6.07) is 5.53. The van der Waals surface area contributed by atoms with Crippen molar-refractivity contribution in [3.63, 3.8) is 0 Å². The molecule has 0 fully saturated rings. The van der Waals surface area contributed by atoms with E-state index < -0.39 is 0 Å². The minimum Gasteiger partial charge on any atom is -0.492 e. The van der Waals surface area contributed by atoms with E-state index in [0.717, 1.165) is 16.9 Å². The molecule has 1 aromatic carbocycles. The van der Waals surface area contributed by atoms with Gasteiger partial charge in [-0.15, -0.1) is 0 Å². The van der Waals surface area contributed by atoms with E-state index in [9.17, 15) is 4.79 Å². The van der Waals surface area contributed by atoms with Gasteiger partial charge in [-0.1, -0.05) is 11.6 Å². The predicted molar refractivity (Wildman–Crippen MR) is 83.8 cm³/mol. The monoisotopic (exact) mass is 319 g/mol. The normalized spacial score (nSPS) is 16.8. The Balaban J connectivity index is 1.68. The number of aryl methyl sites for hydroxylation is 1. The number of carbonyl (C=O) groups excluding carboxylic acids is 1. The van der Waals surface area contributed by atoms with Crippen LogP contribution in [0.1, 0.15) is 11.1 Å². The van der Waals surface area contributed by atoms with Crippen LogP contribution in [0.15, 0.2) is 30.6 Å². The Kier molecular flexibility index (Phi) is 4.07. The van der Waals surface area contributed by atoms with Crippen LogP contribution in [0.4, 0.5) is 0 Å². The first-order valence-corrected chi connectivity index (χ1v) is 7.54. The largest absolute Gasteiger partial charge is 0.492 e. The first kappa shape index (κ1) is 14.9. The molecule has 1 unspecified atom stereocenters. The second-order valence-corrected chi connectivity index (χ2v) is 6.12. The number of ether oxygens (including phenoxy) is 1. The first-order chi connectivity index (χ1) is 10.5. The summed E-state index contributed by atoms with van der Waals surface area (Å²) in [6.45, 7) is 0.955. The van der Waals surface area contributed by atoms with Gasteiger partial charge in [-0.2, -0.15) is 5.10 Å². The molecule has 2 heterocycles. The molecule has 0 N–H and O–H groups in total. The van der Waals surface area contributed by atoms with Crippen LogP contribution in [0.25, 0.3) is 0 Å². The smallest absolute Gasteiger partial charge is 0.229 e. The molecular weight excluding hydrogens is 302 g/mol. The van der Waals surface area contributed by atoms with E-state index in [2.05, 4.69) is 5.10 Å². The molecule has 1 aromatic heterocycles. The number of rotatable bonds is 3. The van der Waals surface area contributed by atoms with Gasteiger partial charge in [-0.05, 0) is 30.2 Å². The van der Waals surface area contributed by atoms with Gasteiger partial charge in [0.05, 0.1) is 12.1 Å². The number of benzene rings is 1. The number of carbonyl (C=O) groups is 1. The van der Waals surface area contributed by atoms with Crippen molar-refractivity contribution in [1.82, 2.24) is 14.7 Å². The van der Waals surface area contributed by atoms with Crippen molar-refractivity contribution in [2.75, 3.05) is 13.7 Å². The molecule has 1 aliphatic heterocycles. The summed E-state index contributed by atoms with van der Waals surface area (Å²) in [5, 5.41) is 4.79. The van der Waals surface area contributed by atoms with E-state index in [0.29, 0.717) is 24.6 Å². The Labute approximate surface area is 134 Å². The molecule has 0 spiro atoms. The van der Waals surface area contributed by atoms with Crippen molar-refractivity contribution in [2.24, 2.45) is 13.0 Å². The van der Waals surface area contributed by atoms with Crippen LogP contribution < -0.4 is 4.74 Å². The summed E-state index contributed by atoms with van der Waals surface area (Å²) < 4.78 is 7.43. The highest BCUT2D eigenvalue weighted by Crippen LogP contribution is 2.30. The van der Waals surface area contributed by atoms with E-state index in [1.54, 1.807) is 21.8 Å². The van der Waals surface area contributed by atoms with E-state index in [4.69, 9.17) is 16.3 Å². The molecule has 0 radical (unpaired) electrons. The summed E-state index contributed by atoms with van der Waals surface area (Å²) in [7, 11) is 3.67. The van der Waals surface area contributed by atoms with Crippen LogP contribution in [-0.4, -0.2) is 34.2 Å². The fourth-order valence-corrected chi connectivity index (χ4v) is 2.93. The van der Waals surface area contributed by atoms with Gasteiger partial charge < -0.3 is 9.64 Å². The van der Waals surface area contributed by atoms with Gasteiger partial charge in [0.25, 0.3) is 0 Å². The lowest BCUT2D eigenvalue weighted by molar-refractivity contribution is -0.136. The van der Waals surface area contributed by atoms with Crippen LogP contribution in [-0.2, 0) is 24.8 Å². The summed E-state index contributed by atoms with van der Waals surface area (Å²) in [5.74, 6) is 0.727. The van der Waals surface area contributed by atoms with E-state index in [1.807, 2.05) is 32.4 Å². The SMILES string of the molecule is CN(Cc1cnn(C)c1)C(=O)C1COc2ccc(Cl)cc2C1. The highest BCUT2D eigenvalue weighted by Gasteiger charge is 2.28. The minimum absolute atomic E-state index is 0.0782. The van der Waals surface area contributed by atoms with Gasteiger partial charge >= 0.3 is 0 Å². The van der Waals surface area contributed by atoms with Crippen LogP contribution >= 0.6 is 11.6 Å². The molecular formula is C16H18ClN3O2. The number of fused-ring (bicyclic) bond motifs is 1. The van der Waals surface area contributed by atoms with Crippen molar-refractivity contribution < 1.29 is 9.53 Å². The summed E-state index contributed by atoms with van der Waals surface area (Å²) in [4.78, 5) is 14.3. The van der Waals surface area contributed by atoms with E-state index >= 15 is 0 Å². The standard InChI is InChI=1S/C16H18ClN3O2/c1-19(8-11-7-18-20(2)9-11)16(21)13-5-12-6-14(17)3-4-15(12)22-10-13/h3-4,6-7,9,13H,5,8,10H2,1-2H3. The fourth-order valence-electron chi connectivity index (χ4n) is 2.74. The molecule has 5 nitrogen and oxygen atoms in total. The molecule has 0 saturated heterocycles. The average Bonchev–Trinajstić information content (AvgIpc) is 2.90. The van der Waals surface area contributed by atoms with E-state index in [-0.39, 0.29) is 11.8 Å². The zero-order valence-electron chi connectivity index (χ0n) is 12.6. The molecule has 116 valence electrons. The Morgan fingerprint density at radius 3 is 3.09 bits per heavy atom. The number of aromatic nitrogens is 2. The highest BCUT2D eigenvalue weighted by molar-refractivity contribution is 6.30. The average molecular weight is 320 g/mol. The van der Waals surface area contributed by atoms with Gasteiger partial charge in [-0.25, -0.2) is 0 Å². The number of amides is 1. The zero-order valence-corrected chi connectivity index (χ0v) is 13.4. The Bertz CT molecular complexity index is 698. The van der Waals surface area contributed by atoms with Crippen LogP contribution in [0.2, 0.25) is 5.02 Å². The zero-order chi connectivity index (χ0) is 15.7. The predicted octanol–water partition coefficient (Wildman–Crippen LogP) is 2.28. The minimum atomic E-state index is -0.173. The second-order valence-electron chi connectivity index (χ2n) is 5.68. The van der Waals surface area contributed by atoms with Gasteiger partial charge in [0.1, 0.15) is 12.4 Å². The molecule has 1 amide bonds. The lowest BCUT2D eigenvalue weighted by atomic mass is 9.95. The maximum Gasteiger partial charge on any atom is 0.229 e. The third-order valence-electron chi connectivity index (χ3n) is 3.83. The maximum absolute atomic E-state index is 12.6. The lowest BCUT2D eigenvalue weighted by Crippen LogP contribution is -2.38. The van der Waals surface area contributed by atoms with Crippen molar-refractivity contribution in [1.29, 1.82) is 0 Å². The molecule has 6 heteroatoms. The quantitative estimate of drug-likeness (QED) is 0.872. The topological polar surface area (TPSA) is 47.4 Å². The van der Waals surface area contributed by atoms with Crippen molar-refractivity contribution in [3.05, 3.63) is 46.7 Å². The first-order valence-electron chi connectivity index (χ1n) is 7.16. The summed E-state index contributed by atoms with van der Waals surface area (Å²) in [5.41, 5.74) is 2.01. The molecule has 2 aromatic rings. The van der Waals surface area contributed by atoms with E-state index in [1.165, 1.54) is 0 Å².